The molecule has 7 nitrogen and oxygen atoms in total. The second kappa shape index (κ2) is 7.17. The van der Waals surface area contributed by atoms with E-state index in [0.29, 0.717) is 42.6 Å². The fourth-order valence-corrected chi connectivity index (χ4v) is 3.92. The van der Waals surface area contributed by atoms with Crippen LogP contribution in [0.25, 0.3) is 0 Å². The third-order valence-electron chi connectivity index (χ3n) is 5.13. The van der Waals surface area contributed by atoms with Crippen molar-refractivity contribution in [2.75, 3.05) is 31.1 Å². The monoisotopic (exact) mass is 388 g/mol. The zero-order valence-electron chi connectivity index (χ0n) is 14.6. The number of hydrogen-bond acceptors (Lipinski definition) is 4. The number of amides is 3. The molecule has 1 aromatic heterocycles. The number of piperazine rings is 1. The third-order valence-corrected chi connectivity index (χ3v) is 5.37. The number of nitrogens with one attached hydrogen (secondary N) is 1. The van der Waals surface area contributed by atoms with Crippen molar-refractivity contribution in [1.29, 1.82) is 0 Å². The number of hydrogen-bond donors (Lipinski definition) is 1. The summed E-state index contributed by atoms with van der Waals surface area (Å²) in [7, 11) is 0. The summed E-state index contributed by atoms with van der Waals surface area (Å²) in [6, 6.07) is 9.66. The average Bonchev–Trinajstić information content (AvgIpc) is 3.30. The number of nitrogens with zero attached hydrogens (tertiary/aromatic N) is 2. The molecule has 2 saturated heterocycles. The van der Waals surface area contributed by atoms with E-state index in [1.54, 1.807) is 41.3 Å². The first-order valence-corrected chi connectivity index (χ1v) is 9.22. The second-order valence-electron chi connectivity index (χ2n) is 6.73. The minimum Gasteiger partial charge on any atom is -0.459 e. The van der Waals surface area contributed by atoms with Crippen molar-refractivity contribution >= 4 is 35.0 Å². The van der Waals surface area contributed by atoms with Gasteiger partial charge in [-0.1, -0.05) is 17.7 Å². The van der Waals surface area contributed by atoms with Crippen LogP contribution in [0.3, 0.4) is 0 Å². The van der Waals surface area contributed by atoms with Gasteiger partial charge >= 0.3 is 0 Å². The van der Waals surface area contributed by atoms with Crippen molar-refractivity contribution in [1.82, 2.24) is 4.90 Å². The summed E-state index contributed by atoms with van der Waals surface area (Å²) < 4.78 is 5.16. The van der Waals surface area contributed by atoms with Gasteiger partial charge in [-0.3, -0.25) is 14.4 Å². The zero-order chi connectivity index (χ0) is 19.0. The highest BCUT2D eigenvalue weighted by Crippen LogP contribution is 2.24. The Kier molecular flexibility index (Phi) is 4.72. The van der Waals surface area contributed by atoms with E-state index in [0.717, 1.165) is 4.90 Å². The number of furan rings is 1. The van der Waals surface area contributed by atoms with E-state index in [2.05, 4.69) is 0 Å². The summed E-state index contributed by atoms with van der Waals surface area (Å²) in [4.78, 5) is 41.7. The van der Waals surface area contributed by atoms with Gasteiger partial charge in [-0.25, -0.2) is 4.90 Å². The van der Waals surface area contributed by atoms with Crippen LogP contribution >= 0.6 is 11.6 Å². The van der Waals surface area contributed by atoms with Crippen LogP contribution in [0.2, 0.25) is 5.02 Å². The molecule has 2 fully saturated rings. The van der Waals surface area contributed by atoms with Gasteiger partial charge in [-0.2, -0.15) is 0 Å². The Hall–Kier alpha value is -2.64. The second-order valence-corrected chi connectivity index (χ2v) is 7.17. The minimum atomic E-state index is -0.419. The van der Waals surface area contributed by atoms with Crippen LogP contribution in [-0.4, -0.2) is 54.8 Å². The molecule has 140 valence electrons. The number of benzene rings is 1. The standard InChI is InChI=1S/C19H18ClN3O4/c20-13-3-1-4-14(11-13)23-17(24)12-15(18(23)25)21-6-8-22(9-7-21)19(26)16-5-2-10-27-16/h1-5,10-11,15H,6-9,12H2/p+1/t15-/m1/s1. The fraction of sp³-hybridized carbons (Fsp3) is 0.316. The Labute approximate surface area is 161 Å². The molecule has 0 unspecified atom stereocenters. The Morgan fingerprint density at radius 3 is 2.59 bits per heavy atom. The normalized spacial score (nSPS) is 21.1. The lowest BCUT2D eigenvalue weighted by Crippen LogP contribution is -3.19. The van der Waals surface area contributed by atoms with E-state index >= 15 is 0 Å². The molecular formula is C19H19ClN3O4+. The van der Waals surface area contributed by atoms with Gasteiger partial charge in [-0.15, -0.1) is 0 Å². The maximum atomic E-state index is 12.9. The summed E-state index contributed by atoms with van der Waals surface area (Å²) in [5.74, 6) is -0.247. The van der Waals surface area contributed by atoms with Crippen molar-refractivity contribution in [2.24, 2.45) is 0 Å². The van der Waals surface area contributed by atoms with E-state index in [-0.39, 0.29) is 24.1 Å². The van der Waals surface area contributed by atoms with Crippen LogP contribution in [-0.2, 0) is 9.59 Å². The molecule has 2 aliphatic rings. The molecule has 1 atom stereocenters. The lowest BCUT2D eigenvalue weighted by atomic mass is 10.1. The number of halogens is 1. The van der Waals surface area contributed by atoms with Gasteiger partial charge in [-0.05, 0) is 30.3 Å². The molecule has 1 N–H and O–H groups in total. The average molecular weight is 389 g/mol. The predicted octanol–water partition coefficient (Wildman–Crippen LogP) is 0.606. The molecule has 3 amide bonds. The quantitative estimate of drug-likeness (QED) is 0.782. The molecule has 1 aromatic carbocycles. The largest absolute Gasteiger partial charge is 0.459 e. The lowest BCUT2D eigenvalue weighted by Gasteiger charge is -2.34. The molecule has 0 spiro atoms. The van der Waals surface area contributed by atoms with Crippen LogP contribution in [0, 0.1) is 0 Å². The van der Waals surface area contributed by atoms with Crippen molar-refractivity contribution in [3.05, 3.63) is 53.4 Å². The predicted molar refractivity (Wildman–Crippen MR) is 97.7 cm³/mol. The molecular weight excluding hydrogens is 370 g/mol. The molecule has 8 heteroatoms. The molecule has 2 aromatic rings. The summed E-state index contributed by atoms with van der Waals surface area (Å²) in [6.45, 7) is 2.26. The van der Waals surface area contributed by atoms with Gasteiger partial charge in [0.1, 0.15) is 0 Å². The van der Waals surface area contributed by atoms with Crippen LogP contribution in [0.1, 0.15) is 17.0 Å². The van der Waals surface area contributed by atoms with Gasteiger partial charge in [0.25, 0.3) is 11.8 Å². The van der Waals surface area contributed by atoms with Gasteiger partial charge in [0.15, 0.2) is 11.8 Å². The molecule has 3 heterocycles. The van der Waals surface area contributed by atoms with Crippen molar-refractivity contribution in [2.45, 2.75) is 12.5 Å². The van der Waals surface area contributed by atoms with E-state index in [1.165, 1.54) is 11.2 Å². The van der Waals surface area contributed by atoms with Crippen LogP contribution < -0.4 is 9.80 Å². The Morgan fingerprint density at radius 2 is 1.93 bits per heavy atom. The molecule has 0 radical (unpaired) electrons. The van der Waals surface area contributed by atoms with Crippen molar-refractivity contribution in [3.8, 4) is 0 Å². The highest BCUT2D eigenvalue weighted by atomic mass is 35.5. The molecule has 2 aliphatic heterocycles. The Bertz CT molecular complexity index is 875. The summed E-state index contributed by atoms with van der Waals surface area (Å²) in [5, 5.41) is 0.481. The number of rotatable bonds is 3. The molecule has 0 aliphatic carbocycles. The van der Waals surface area contributed by atoms with Gasteiger partial charge in [0.05, 0.1) is 44.6 Å². The fourth-order valence-electron chi connectivity index (χ4n) is 3.74. The van der Waals surface area contributed by atoms with E-state index < -0.39 is 6.04 Å². The smallest absolute Gasteiger partial charge is 0.292 e. The van der Waals surface area contributed by atoms with E-state index in [4.69, 9.17) is 16.0 Å². The van der Waals surface area contributed by atoms with Gasteiger partial charge in [0, 0.05) is 5.02 Å². The highest BCUT2D eigenvalue weighted by Gasteiger charge is 2.46. The minimum absolute atomic E-state index is 0.145. The lowest BCUT2D eigenvalue weighted by molar-refractivity contribution is -0.918. The van der Waals surface area contributed by atoms with E-state index in [1.807, 2.05) is 0 Å². The zero-order valence-corrected chi connectivity index (χ0v) is 15.3. The van der Waals surface area contributed by atoms with Crippen molar-refractivity contribution < 1.29 is 23.7 Å². The van der Waals surface area contributed by atoms with Crippen LogP contribution in [0.15, 0.2) is 47.1 Å². The van der Waals surface area contributed by atoms with E-state index in [9.17, 15) is 14.4 Å². The number of anilines is 1. The first-order chi connectivity index (χ1) is 13.0. The van der Waals surface area contributed by atoms with Gasteiger partial charge < -0.3 is 14.2 Å². The summed E-state index contributed by atoms with van der Waals surface area (Å²) >= 11 is 5.99. The number of quaternary nitrogens is 1. The maximum absolute atomic E-state index is 12.9. The topological polar surface area (TPSA) is 75.3 Å². The summed E-state index contributed by atoms with van der Waals surface area (Å²) in [6.07, 6.45) is 1.65. The first kappa shape index (κ1) is 17.8. The molecule has 0 bridgehead atoms. The highest BCUT2D eigenvalue weighted by molar-refractivity contribution is 6.31. The third kappa shape index (κ3) is 3.36. The first-order valence-electron chi connectivity index (χ1n) is 8.84. The maximum Gasteiger partial charge on any atom is 0.292 e. The molecule has 4 rings (SSSR count). The molecule has 27 heavy (non-hydrogen) atoms. The van der Waals surface area contributed by atoms with Crippen LogP contribution in [0.4, 0.5) is 5.69 Å². The number of imide groups is 1. The number of carbonyl (C=O) groups excluding carboxylic acids is 3. The Morgan fingerprint density at radius 1 is 1.15 bits per heavy atom. The molecule has 0 saturated carbocycles. The summed E-state index contributed by atoms with van der Waals surface area (Å²) in [5.41, 5.74) is 0.506. The van der Waals surface area contributed by atoms with Crippen molar-refractivity contribution in [3.63, 3.8) is 0 Å². The Balaban J connectivity index is 1.42. The van der Waals surface area contributed by atoms with Crippen LogP contribution in [0.5, 0.6) is 0 Å². The van der Waals surface area contributed by atoms with Gasteiger partial charge in [0.2, 0.25) is 5.91 Å². The number of carbonyl (C=O) groups is 3. The SMILES string of the molecule is O=C(c1ccco1)N1CC[NH+]([C@@H]2CC(=O)N(c3cccc(Cl)c3)C2=O)CC1.